The van der Waals surface area contributed by atoms with Crippen LogP contribution in [-0.2, 0) is 6.54 Å². The number of aryl methyl sites for hydroxylation is 1. The number of imidazole rings is 1. The monoisotopic (exact) mass is 391 g/mol. The Morgan fingerprint density at radius 2 is 2.00 bits per heavy atom. The smallest absolute Gasteiger partial charge is 0.262 e. The largest absolute Gasteiger partial charge is 0.347 e. The molecule has 4 nitrogen and oxygen atoms in total. The van der Waals surface area contributed by atoms with Gasteiger partial charge in [0.25, 0.3) is 5.91 Å². The van der Waals surface area contributed by atoms with Gasteiger partial charge in [-0.2, -0.15) is 0 Å². The molecule has 0 saturated carbocycles. The average Bonchev–Trinajstić information content (AvgIpc) is 3.36. The zero-order valence-electron chi connectivity index (χ0n) is 15.2. The molecule has 28 heavy (non-hydrogen) atoms. The molecule has 1 N–H and O–H groups in total. The fourth-order valence-corrected chi connectivity index (χ4v) is 3.91. The zero-order chi connectivity index (χ0) is 19.5. The minimum Gasteiger partial charge on any atom is -0.347 e. The number of aromatic nitrogens is 2. The summed E-state index contributed by atoms with van der Waals surface area (Å²) in [4.78, 5) is 17.4. The van der Waals surface area contributed by atoms with Crippen LogP contribution in [0.25, 0.3) is 16.8 Å². The Bertz CT molecular complexity index is 1120. The van der Waals surface area contributed by atoms with E-state index in [0.29, 0.717) is 22.0 Å². The number of benzene rings is 2. The van der Waals surface area contributed by atoms with Crippen molar-refractivity contribution in [3.63, 3.8) is 0 Å². The number of rotatable bonds is 5. The van der Waals surface area contributed by atoms with Crippen molar-refractivity contribution in [2.45, 2.75) is 13.5 Å². The van der Waals surface area contributed by atoms with Gasteiger partial charge in [0.05, 0.1) is 10.6 Å². The molecule has 6 heteroatoms. The molecule has 0 aliphatic heterocycles. The maximum absolute atomic E-state index is 14.5. The van der Waals surface area contributed by atoms with Crippen LogP contribution in [0.3, 0.4) is 0 Å². The Morgan fingerprint density at radius 1 is 1.18 bits per heavy atom. The number of halogens is 1. The maximum atomic E-state index is 14.5. The van der Waals surface area contributed by atoms with E-state index in [1.54, 1.807) is 23.0 Å². The first-order valence-electron chi connectivity index (χ1n) is 8.83. The maximum Gasteiger partial charge on any atom is 0.262 e. The summed E-state index contributed by atoms with van der Waals surface area (Å²) in [7, 11) is 0. The lowest BCUT2D eigenvalue weighted by Crippen LogP contribution is -2.22. The Morgan fingerprint density at radius 3 is 2.71 bits per heavy atom. The van der Waals surface area contributed by atoms with Gasteiger partial charge in [-0.3, -0.25) is 4.79 Å². The molecule has 2 aromatic carbocycles. The van der Waals surface area contributed by atoms with Gasteiger partial charge in [0.2, 0.25) is 0 Å². The molecule has 4 rings (SSSR count). The molecule has 4 aromatic rings. The molecule has 2 aromatic heterocycles. The van der Waals surface area contributed by atoms with Crippen molar-refractivity contribution >= 4 is 17.2 Å². The summed E-state index contributed by atoms with van der Waals surface area (Å²) >= 11 is 1.40. The van der Waals surface area contributed by atoms with E-state index in [2.05, 4.69) is 10.3 Å². The third kappa shape index (κ3) is 3.59. The summed E-state index contributed by atoms with van der Waals surface area (Å²) in [5.41, 5.74) is 3.04. The predicted molar refractivity (Wildman–Crippen MR) is 109 cm³/mol. The number of nitrogens with one attached hydrogen (secondary N) is 1. The Hall–Kier alpha value is -3.25. The summed E-state index contributed by atoms with van der Waals surface area (Å²) < 4.78 is 16.2. The molecule has 0 fully saturated rings. The minimum atomic E-state index is -0.353. The Labute approximate surface area is 166 Å². The van der Waals surface area contributed by atoms with Crippen molar-refractivity contribution in [1.82, 2.24) is 14.9 Å². The molecule has 0 bridgehead atoms. The normalized spacial score (nSPS) is 10.8. The van der Waals surface area contributed by atoms with Crippen LogP contribution in [0.1, 0.15) is 21.1 Å². The van der Waals surface area contributed by atoms with Crippen LogP contribution < -0.4 is 5.32 Å². The number of hydrogen-bond donors (Lipinski definition) is 1. The van der Waals surface area contributed by atoms with Crippen LogP contribution in [-0.4, -0.2) is 15.5 Å². The number of hydrogen-bond acceptors (Lipinski definition) is 3. The van der Waals surface area contributed by atoms with Crippen LogP contribution >= 0.6 is 11.3 Å². The lowest BCUT2D eigenvalue weighted by atomic mass is 10.1. The molecule has 2 heterocycles. The molecule has 0 aliphatic rings. The number of amides is 1. The highest BCUT2D eigenvalue weighted by Gasteiger charge is 2.15. The van der Waals surface area contributed by atoms with Crippen molar-refractivity contribution < 1.29 is 9.18 Å². The molecule has 1 amide bonds. The van der Waals surface area contributed by atoms with Crippen molar-refractivity contribution in [2.75, 3.05) is 0 Å². The van der Waals surface area contributed by atoms with Gasteiger partial charge < -0.3 is 9.88 Å². The number of thiophene rings is 1. The molecule has 0 aliphatic carbocycles. The van der Waals surface area contributed by atoms with E-state index in [4.69, 9.17) is 0 Å². The van der Waals surface area contributed by atoms with Gasteiger partial charge >= 0.3 is 0 Å². The quantitative estimate of drug-likeness (QED) is 0.522. The van der Waals surface area contributed by atoms with E-state index in [0.717, 1.165) is 11.1 Å². The third-order valence-corrected chi connectivity index (χ3v) is 5.42. The topological polar surface area (TPSA) is 46.9 Å². The van der Waals surface area contributed by atoms with Gasteiger partial charge in [-0.05, 0) is 41.6 Å². The van der Waals surface area contributed by atoms with E-state index >= 15 is 0 Å². The summed E-state index contributed by atoms with van der Waals surface area (Å²) in [5.74, 6) is 0.198. The van der Waals surface area contributed by atoms with Crippen molar-refractivity contribution in [2.24, 2.45) is 0 Å². The van der Waals surface area contributed by atoms with Gasteiger partial charge in [-0.25, -0.2) is 9.37 Å². The van der Waals surface area contributed by atoms with E-state index in [1.165, 1.54) is 17.4 Å². The van der Waals surface area contributed by atoms with Gasteiger partial charge in [-0.15, -0.1) is 11.3 Å². The van der Waals surface area contributed by atoms with Gasteiger partial charge in [0, 0.05) is 24.5 Å². The lowest BCUT2D eigenvalue weighted by molar-refractivity contribution is 0.0955. The fourth-order valence-electron chi connectivity index (χ4n) is 3.08. The van der Waals surface area contributed by atoms with E-state index in [1.807, 2.05) is 54.8 Å². The van der Waals surface area contributed by atoms with Gasteiger partial charge in [0.1, 0.15) is 11.6 Å². The summed E-state index contributed by atoms with van der Waals surface area (Å²) in [6, 6.07) is 16.7. The summed E-state index contributed by atoms with van der Waals surface area (Å²) in [6.45, 7) is 2.07. The second-order valence-corrected chi connectivity index (χ2v) is 7.26. The van der Waals surface area contributed by atoms with Crippen LogP contribution in [0.4, 0.5) is 4.39 Å². The fraction of sp³-hybridized carbons (Fsp3) is 0.0909. The van der Waals surface area contributed by atoms with Crippen molar-refractivity contribution in [3.8, 4) is 16.8 Å². The molecular weight excluding hydrogens is 373 g/mol. The molecule has 0 unspecified atom stereocenters. The first-order chi connectivity index (χ1) is 13.6. The second-order valence-electron chi connectivity index (χ2n) is 6.34. The molecule has 0 radical (unpaired) electrons. The molecular formula is C22H18FN3OS. The van der Waals surface area contributed by atoms with E-state index < -0.39 is 0 Å². The molecule has 0 atom stereocenters. The average molecular weight is 391 g/mol. The van der Waals surface area contributed by atoms with Crippen molar-refractivity contribution in [1.29, 1.82) is 0 Å². The standard InChI is InChI=1S/C22H18FN3OS/c1-15-24-10-11-26(15)20-8-7-16(13-19(20)23)14-25-22(27)21-18(9-12-28-21)17-5-3-2-4-6-17/h2-13H,14H2,1H3,(H,25,27). The van der Waals surface area contributed by atoms with E-state index in [-0.39, 0.29) is 18.3 Å². The number of carbonyl (C=O) groups is 1. The van der Waals surface area contributed by atoms with Gasteiger partial charge in [-0.1, -0.05) is 36.4 Å². The first kappa shape index (κ1) is 18.1. The Kier molecular flexibility index (Phi) is 5.04. The predicted octanol–water partition coefficient (Wildman–Crippen LogP) is 4.98. The second kappa shape index (κ2) is 7.78. The molecule has 0 spiro atoms. The highest BCUT2D eigenvalue weighted by Crippen LogP contribution is 2.28. The minimum absolute atomic E-state index is 0.163. The van der Waals surface area contributed by atoms with Crippen LogP contribution in [0, 0.1) is 12.7 Å². The highest BCUT2D eigenvalue weighted by atomic mass is 32.1. The summed E-state index contributed by atoms with van der Waals surface area (Å²) in [6.07, 6.45) is 3.35. The number of nitrogens with zero attached hydrogens (tertiary/aromatic N) is 2. The van der Waals surface area contributed by atoms with Crippen molar-refractivity contribution in [3.05, 3.63) is 94.5 Å². The molecule has 0 saturated heterocycles. The van der Waals surface area contributed by atoms with Crippen LogP contribution in [0.2, 0.25) is 0 Å². The zero-order valence-corrected chi connectivity index (χ0v) is 16.0. The first-order valence-corrected chi connectivity index (χ1v) is 9.71. The summed E-state index contributed by atoms with van der Waals surface area (Å²) in [5, 5.41) is 4.79. The highest BCUT2D eigenvalue weighted by molar-refractivity contribution is 7.12. The SMILES string of the molecule is Cc1nccn1-c1ccc(CNC(=O)c2sccc2-c2ccccc2)cc1F. The van der Waals surface area contributed by atoms with Crippen LogP contribution in [0.15, 0.2) is 72.4 Å². The molecule has 140 valence electrons. The van der Waals surface area contributed by atoms with E-state index in [9.17, 15) is 9.18 Å². The number of carbonyl (C=O) groups excluding carboxylic acids is 1. The van der Waals surface area contributed by atoms with Gasteiger partial charge in [0.15, 0.2) is 0 Å². The van der Waals surface area contributed by atoms with Crippen LogP contribution in [0.5, 0.6) is 0 Å². The Balaban J connectivity index is 1.49. The third-order valence-electron chi connectivity index (χ3n) is 4.51. The lowest BCUT2D eigenvalue weighted by Gasteiger charge is -2.10.